The highest BCUT2D eigenvalue weighted by molar-refractivity contribution is 6.32. The maximum atomic E-state index is 5.86. The van der Waals surface area contributed by atoms with Gasteiger partial charge in [-0.15, -0.1) is 0 Å². The molecule has 0 unspecified atom stereocenters. The number of ether oxygens (including phenoxy) is 1. The van der Waals surface area contributed by atoms with Gasteiger partial charge in [0.2, 0.25) is 0 Å². The van der Waals surface area contributed by atoms with Gasteiger partial charge in [0.05, 0.1) is 6.61 Å². The van der Waals surface area contributed by atoms with E-state index in [1.807, 2.05) is 6.92 Å². The summed E-state index contributed by atoms with van der Waals surface area (Å²) in [6.07, 6.45) is 0.721. The summed E-state index contributed by atoms with van der Waals surface area (Å²) in [6.45, 7) is 3.18. The lowest BCUT2D eigenvalue weighted by Gasteiger charge is -2.09. The maximum absolute atomic E-state index is 5.86. The molecule has 0 saturated carbocycles. The number of methoxy groups -OCH3 is 1. The van der Waals surface area contributed by atoms with Crippen LogP contribution in [0.15, 0.2) is 0 Å². The minimum Gasteiger partial charge on any atom is -0.393 e. The Morgan fingerprint density at radius 1 is 1.47 bits per heavy atom. The van der Waals surface area contributed by atoms with E-state index in [0.717, 1.165) is 6.42 Å². The highest BCUT2D eigenvalue weighted by atomic mass is 35.5. The summed E-state index contributed by atoms with van der Waals surface area (Å²) in [5.41, 5.74) is 6.11. The summed E-state index contributed by atoms with van der Waals surface area (Å²) in [6, 6.07) is 0. The van der Waals surface area contributed by atoms with Crippen molar-refractivity contribution in [2.24, 2.45) is 0 Å². The first-order valence-corrected chi connectivity index (χ1v) is 5.11. The Hall–Kier alpha value is -1.07. The molecule has 0 radical (unpaired) electrons. The first-order chi connectivity index (χ1) is 7.19. The van der Waals surface area contributed by atoms with Crippen molar-refractivity contribution in [3.05, 3.63) is 11.0 Å². The van der Waals surface area contributed by atoms with Crippen LogP contribution in [-0.2, 0) is 11.2 Å². The highest BCUT2D eigenvalue weighted by Crippen LogP contribution is 2.23. The number of aromatic nitrogens is 2. The zero-order chi connectivity index (χ0) is 11.3. The number of rotatable bonds is 5. The topological polar surface area (TPSA) is 73.1 Å². The summed E-state index contributed by atoms with van der Waals surface area (Å²) in [7, 11) is 1.63. The zero-order valence-electron chi connectivity index (χ0n) is 8.88. The third kappa shape index (κ3) is 3.21. The van der Waals surface area contributed by atoms with Crippen molar-refractivity contribution < 1.29 is 4.74 Å². The molecule has 0 fully saturated rings. The monoisotopic (exact) mass is 230 g/mol. The molecule has 0 amide bonds. The first-order valence-electron chi connectivity index (χ1n) is 4.73. The Kier molecular flexibility index (Phi) is 4.58. The van der Waals surface area contributed by atoms with Crippen LogP contribution in [0.3, 0.4) is 0 Å². The van der Waals surface area contributed by atoms with Crippen molar-refractivity contribution in [3.63, 3.8) is 0 Å². The van der Waals surface area contributed by atoms with Gasteiger partial charge in [-0.2, -0.15) is 0 Å². The van der Waals surface area contributed by atoms with E-state index in [9.17, 15) is 0 Å². The van der Waals surface area contributed by atoms with Crippen LogP contribution in [0.5, 0.6) is 0 Å². The average Bonchev–Trinajstić information content (AvgIpc) is 2.24. The second-order valence-electron chi connectivity index (χ2n) is 2.97. The molecule has 0 atom stereocenters. The smallest absolute Gasteiger partial charge is 0.157 e. The number of nitrogens with one attached hydrogen (secondary N) is 1. The van der Waals surface area contributed by atoms with E-state index in [-0.39, 0.29) is 0 Å². The first kappa shape index (κ1) is 12.0. The Labute approximate surface area is 94.0 Å². The second kappa shape index (κ2) is 5.72. The molecule has 0 bridgehead atoms. The number of aryl methyl sites for hydroxylation is 1. The molecule has 5 nitrogen and oxygen atoms in total. The van der Waals surface area contributed by atoms with Gasteiger partial charge in [-0.25, -0.2) is 9.97 Å². The minimum atomic E-state index is 0.293. The van der Waals surface area contributed by atoms with E-state index in [0.29, 0.717) is 35.6 Å². The van der Waals surface area contributed by atoms with Crippen molar-refractivity contribution in [2.45, 2.75) is 13.3 Å². The van der Waals surface area contributed by atoms with Gasteiger partial charge in [0, 0.05) is 20.1 Å². The fraction of sp³-hybridized carbons (Fsp3) is 0.556. The third-order valence-electron chi connectivity index (χ3n) is 1.86. The molecule has 0 spiro atoms. The number of hydrogen-bond acceptors (Lipinski definition) is 5. The standard InChI is InChI=1S/C9H15ClN4O/c1-3-6-13-8(10)7(11)9(14-6)12-4-5-15-2/h3-5,11H2,1-2H3,(H,12,13,14). The minimum absolute atomic E-state index is 0.293. The predicted molar refractivity (Wildman–Crippen MR) is 61.2 cm³/mol. The predicted octanol–water partition coefficient (Wildman–Crippen LogP) is 1.33. The number of halogens is 1. The van der Waals surface area contributed by atoms with Crippen LogP contribution in [0.25, 0.3) is 0 Å². The molecule has 1 aromatic rings. The zero-order valence-corrected chi connectivity index (χ0v) is 9.64. The molecular weight excluding hydrogens is 216 g/mol. The summed E-state index contributed by atoms with van der Waals surface area (Å²) in [4.78, 5) is 8.27. The summed E-state index contributed by atoms with van der Waals surface area (Å²) in [5.74, 6) is 1.25. The van der Waals surface area contributed by atoms with Gasteiger partial charge in [-0.05, 0) is 0 Å². The molecule has 1 aromatic heterocycles. The van der Waals surface area contributed by atoms with Crippen LogP contribution in [0.1, 0.15) is 12.7 Å². The van der Waals surface area contributed by atoms with Crippen molar-refractivity contribution in [1.82, 2.24) is 9.97 Å². The molecule has 1 heterocycles. The molecular formula is C9H15ClN4O. The fourth-order valence-corrected chi connectivity index (χ4v) is 1.24. The normalized spacial score (nSPS) is 10.3. The molecule has 6 heteroatoms. The van der Waals surface area contributed by atoms with Crippen molar-refractivity contribution in [2.75, 3.05) is 31.3 Å². The molecule has 0 aliphatic rings. The van der Waals surface area contributed by atoms with Crippen LogP contribution in [0.2, 0.25) is 5.15 Å². The lowest BCUT2D eigenvalue weighted by Crippen LogP contribution is -2.12. The Morgan fingerprint density at radius 3 is 2.80 bits per heavy atom. The fourth-order valence-electron chi connectivity index (χ4n) is 1.05. The lowest BCUT2D eigenvalue weighted by atomic mass is 10.4. The van der Waals surface area contributed by atoms with E-state index in [1.54, 1.807) is 7.11 Å². The molecule has 84 valence electrons. The molecule has 0 aliphatic carbocycles. The number of hydrogen-bond donors (Lipinski definition) is 2. The van der Waals surface area contributed by atoms with Crippen LogP contribution >= 0.6 is 11.6 Å². The average molecular weight is 231 g/mol. The van der Waals surface area contributed by atoms with Crippen molar-refractivity contribution in [1.29, 1.82) is 0 Å². The molecule has 0 aromatic carbocycles. The lowest BCUT2D eigenvalue weighted by molar-refractivity contribution is 0.210. The number of anilines is 2. The summed E-state index contributed by atoms with van der Waals surface area (Å²) >= 11 is 5.86. The highest BCUT2D eigenvalue weighted by Gasteiger charge is 2.08. The number of nitrogen functional groups attached to an aromatic ring is 1. The van der Waals surface area contributed by atoms with Crippen LogP contribution < -0.4 is 11.1 Å². The van der Waals surface area contributed by atoms with E-state index in [2.05, 4.69) is 15.3 Å². The number of nitrogens with two attached hydrogens (primary N) is 1. The van der Waals surface area contributed by atoms with E-state index in [4.69, 9.17) is 22.1 Å². The van der Waals surface area contributed by atoms with Gasteiger partial charge >= 0.3 is 0 Å². The van der Waals surface area contributed by atoms with Crippen LogP contribution in [-0.4, -0.2) is 30.2 Å². The van der Waals surface area contributed by atoms with E-state index < -0.39 is 0 Å². The third-order valence-corrected chi connectivity index (χ3v) is 2.15. The summed E-state index contributed by atoms with van der Waals surface area (Å²) in [5, 5.41) is 3.34. The molecule has 0 saturated heterocycles. The van der Waals surface area contributed by atoms with Crippen molar-refractivity contribution >= 4 is 23.1 Å². The van der Waals surface area contributed by atoms with Crippen LogP contribution in [0.4, 0.5) is 11.5 Å². The SMILES string of the molecule is CCc1nc(Cl)c(N)c(NCCOC)n1. The molecule has 3 N–H and O–H groups in total. The Bertz CT molecular complexity index is 332. The van der Waals surface area contributed by atoms with Crippen molar-refractivity contribution in [3.8, 4) is 0 Å². The quantitative estimate of drug-likeness (QED) is 0.590. The molecule has 1 rings (SSSR count). The van der Waals surface area contributed by atoms with Gasteiger partial charge in [0.1, 0.15) is 11.5 Å². The Balaban J connectivity index is 2.80. The van der Waals surface area contributed by atoms with Crippen LogP contribution in [0, 0.1) is 0 Å². The van der Waals surface area contributed by atoms with Gasteiger partial charge in [-0.3, -0.25) is 0 Å². The maximum Gasteiger partial charge on any atom is 0.157 e. The molecule has 15 heavy (non-hydrogen) atoms. The van der Waals surface area contributed by atoms with Gasteiger partial charge in [-0.1, -0.05) is 18.5 Å². The Morgan fingerprint density at radius 2 is 2.20 bits per heavy atom. The largest absolute Gasteiger partial charge is 0.393 e. The van der Waals surface area contributed by atoms with E-state index >= 15 is 0 Å². The van der Waals surface area contributed by atoms with Gasteiger partial charge in [0.25, 0.3) is 0 Å². The van der Waals surface area contributed by atoms with Gasteiger partial charge < -0.3 is 15.8 Å². The second-order valence-corrected chi connectivity index (χ2v) is 3.32. The summed E-state index contributed by atoms with van der Waals surface area (Å²) < 4.78 is 4.91. The van der Waals surface area contributed by atoms with E-state index in [1.165, 1.54) is 0 Å². The number of nitrogens with zero attached hydrogens (tertiary/aromatic N) is 2. The molecule has 0 aliphatic heterocycles. The van der Waals surface area contributed by atoms with Gasteiger partial charge in [0.15, 0.2) is 11.0 Å².